The molecule has 2 aliphatic rings. The van der Waals surface area contributed by atoms with E-state index in [0.717, 1.165) is 51.9 Å². The SMILES string of the molecule is CC(C=CC=C(C)C=CC1=CC(=O)CCC1(C)C)=CC=CC=C(C)C=CC=C(C)C=CC1=C(C)C(=O)CCC1(C)C. The van der Waals surface area contributed by atoms with Gasteiger partial charge in [-0.25, -0.2) is 0 Å². The summed E-state index contributed by atoms with van der Waals surface area (Å²) in [5.41, 5.74) is 7.88. The van der Waals surface area contributed by atoms with Gasteiger partial charge in [0.05, 0.1) is 0 Å². The van der Waals surface area contributed by atoms with Crippen molar-refractivity contribution in [3.63, 3.8) is 0 Å². The standard InChI is InChI=1S/C39H50O2/c1-29(16-12-18-31(3)20-22-34-28-35(40)24-26-38(34,6)7)14-10-11-15-30(2)17-13-19-32(4)21-23-36-33(5)37(41)25-27-39(36,8)9/h10-23,28H,24-27H2,1-9H3. The van der Waals surface area contributed by atoms with Crippen LogP contribution >= 0.6 is 0 Å². The number of hydrogen-bond acceptors (Lipinski definition) is 2. The average Bonchev–Trinajstić information content (AvgIpc) is 2.89. The van der Waals surface area contributed by atoms with E-state index in [9.17, 15) is 9.59 Å². The highest BCUT2D eigenvalue weighted by molar-refractivity contribution is 5.97. The zero-order valence-electron chi connectivity index (χ0n) is 26.8. The fraction of sp³-hybridized carbons (Fsp3) is 0.385. The summed E-state index contributed by atoms with van der Waals surface area (Å²) in [6.45, 7) is 19.1. The molecule has 0 N–H and O–H groups in total. The molecule has 0 fully saturated rings. The minimum absolute atomic E-state index is 0.0411. The van der Waals surface area contributed by atoms with Crippen LogP contribution in [0, 0.1) is 10.8 Å². The minimum atomic E-state index is 0.0411. The van der Waals surface area contributed by atoms with Gasteiger partial charge in [-0.05, 0) is 81.1 Å². The van der Waals surface area contributed by atoms with Crippen molar-refractivity contribution in [2.45, 2.75) is 88.0 Å². The third-order valence-electron chi connectivity index (χ3n) is 7.93. The fourth-order valence-electron chi connectivity index (χ4n) is 4.83. The van der Waals surface area contributed by atoms with Crippen LogP contribution in [-0.2, 0) is 9.59 Å². The van der Waals surface area contributed by atoms with E-state index in [-0.39, 0.29) is 22.4 Å². The molecule has 218 valence electrons. The summed E-state index contributed by atoms with van der Waals surface area (Å²) in [5.74, 6) is 0.496. The van der Waals surface area contributed by atoms with E-state index in [1.165, 1.54) is 0 Å². The van der Waals surface area contributed by atoms with Gasteiger partial charge in [-0.3, -0.25) is 9.59 Å². The Morgan fingerprint density at radius 1 is 0.634 bits per heavy atom. The van der Waals surface area contributed by atoms with E-state index in [2.05, 4.69) is 140 Å². The third kappa shape index (κ3) is 11.5. The lowest BCUT2D eigenvalue weighted by Crippen LogP contribution is -2.24. The molecule has 41 heavy (non-hydrogen) atoms. The molecule has 2 rings (SSSR count). The van der Waals surface area contributed by atoms with Crippen LogP contribution in [0.3, 0.4) is 0 Å². The molecule has 0 saturated carbocycles. The first-order valence-electron chi connectivity index (χ1n) is 14.8. The van der Waals surface area contributed by atoms with Crippen molar-refractivity contribution in [1.82, 2.24) is 0 Å². The third-order valence-corrected chi connectivity index (χ3v) is 7.93. The molecule has 0 saturated heterocycles. The van der Waals surface area contributed by atoms with Crippen LogP contribution in [-0.4, -0.2) is 11.6 Å². The molecule has 0 bridgehead atoms. The van der Waals surface area contributed by atoms with Crippen LogP contribution in [0.2, 0.25) is 0 Å². The van der Waals surface area contributed by atoms with E-state index < -0.39 is 0 Å². The monoisotopic (exact) mass is 550 g/mol. The quantitative estimate of drug-likeness (QED) is 0.254. The zero-order chi connectivity index (χ0) is 30.6. The number of ketones is 2. The summed E-state index contributed by atoms with van der Waals surface area (Å²) in [7, 11) is 0. The first kappa shape index (κ1) is 33.7. The Kier molecular flexibility index (Phi) is 12.7. The summed E-state index contributed by atoms with van der Waals surface area (Å²) in [4.78, 5) is 23.9. The van der Waals surface area contributed by atoms with Gasteiger partial charge in [0.1, 0.15) is 0 Å². The molecule has 0 atom stereocenters. The van der Waals surface area contributed by atoms with Crippen molar-refractivity contribution in [3.8, 4) is 0 Å². The highest BCUT2D eigenvalue weighted by Crippen LogP contribution is 2.39. The van der Waals surface area contributed by atoms with E-state index in [4.69, 9.17) is 0 Å². The van der Waals surface area contributed by atoms with E-state index >= 15 is 0 Å². The van der Waals surface area contributed by atoms with E-state index in [1.54, 1.807) is 6.08 Å². The first-order chi connectivity index (χ1) is 19.2. The molecular weight excluding hydrogens is 500 g/mol. The number of allylic oxidation sites excluding steroid dienone is 22. The lowest BCUT2D eigenvalue weighted by atomic mass is 9.72. The van der Waals surface area contributed by atoms with Gasteiger partial charge in [-0.15, -0.1) is 0 Å². The normalized spacial score (nSPS) is 21.5. The maximum atomic E-state index is 12.1. The van der Waals surface area contributed by atoms with Gasteiger partial charge in [0.25, 0.3) is 0 Å². The topological polar surface area (TPSA) is 34.1 Å². The summed E-state index contributed by atoms with van der Waals surface area (Å²) in [6.07, 6.45) is 34.1. The van der Waals surface area contributed by atoms with Gasteiger partial charge in [0.15, 0.2) is 11.6 Å². The Bertz CT molecular complexity index is 1330. The Hall–Kier alpha value is -3.52. The van der Waals surface area contributed by atoms with Crippen molar-refractivity contribution >= 4 is 11.6 Å². The molecule has 0 unspecified atom stereocenters. The molecule has 0 heterocycles. The molecule has 0 spiro atoms. The molecule has 0 amide bonds. The molecular formula is C39H50O2. The molecule has 0 aromatic rings. The fourth-order valence-corrected chi connectivity index (χ4v) is 4.83. The van der Waals surface area contributed by atoms with Crippen molar-refractivity contribution in [3.05, 3.63) is 130 Å². The molecule has 0 aromatic carbocycles. The Morgan fingerprint density at radius 2 is 1.10 bits per heavy atom. The van der Waals surface area contributed by atoms with Gasteiger partial charge >= 0.3 is 0 Å². The molecule has 2 nitrogen and oxygen atoms in total. The second kappa shape index (κ2) is 15.5. The second-order valence-corrected chi connectivity index (χ2v) is 12.7. The van der Waals surface area contributed by atoms with Gasteiger partial charge in [0, 0.05) is 12.8 Å². The zero-order valence-corrected chi connectivity index (χ0v) is 26.8. The number of Topliss-reactive ketones (excluding diaryl/α,β-unsaturated/α-hetero) is 1. The van der Waals surface area contributed by atoms with Crippen LogP contribution in [0.5, 0.6) is 0 Å². The molecule has 2 heteroatoms. The van der Waals surface area contributed by atoms with Crippen molar-refractivity contribution < 1.29 is 9.59 Å². The smallest absolute Gasteiger partial charge is 0.158 e. The Balaban J connectivity index is 1.90. The van der Waals surface area contributed by atoms with E-state index in [1.807, 2.05) is 6.92 Å². The minimum Gasteiger partial charge on any atom is -0.295 e. The largest absolute Gasteiger partial charge is 0.295 e. The van der Waals surface area contributed by atoms with Crippen LogP contribution in [0.15, 0.2) is 130 Å². The summed E-state index contributed by atoms with van der Waals surface area (Å²) in [5, 5.41) is 0. The number of rotatable bonds is 10. The average molecular weight is 551 g/mol. The Labute approximate surface area is 249 Å². The summed E-state index contributed by atoms with van der Waals surface area (Å²) >= 11 is 0. The highest BCUT2D eigenvalue weighted by atomic mass is 16.1. The second-order valence-electron chi connectivity index (χ2n) is 12.7. The van der Waals surface area contributed by atoms with Crippen molar-refractivity contribution in [2.75, 3.05) is 0 Å². The first-order valence-corrected chi connectivity index (χ1v) is 14.8. The maximum Gasteiger partial charge on any atom is 0.158 e. The molecule has 0 aliphatic heterocycles. The van der Waals surface area contributed by atoms with Gasteiger partial charge in [-0.2, -0.15) is 0 Å². The van der Waals surface area contributed by atoms with E-state index in [0.29, 0.717) is 12.8 Å². The molecule has 2 aliphatic carbocycles. The van der Waals surface area contributed by atoms with Crippen LogP contribution in [0.4, 0.5) is 0 Å². The lowest BCUT2D eigenvalue weighted by molar-refractivity contribution is -0.117. The number of carbonyl (C=O) groups is 2. The maximum absolute atomic E-state index is 12.1. The highest BCUT2D eigenvalue weighted by Gasteiger charge is 2.30. The molecule has 0 aromatic heterocycles. The Morgan fingerprint density at radius 3 is 1.66 bits per heavy atom. The van der Waals surface area contributed by atoms with Crippen molar-refractivity contribution in [2.24, 2.45) is 10.8 Å². The predicted molar refractivity (Wildman–Crippen MR) is 178 cm³/mol. The summed E-state index contributed by atoms with van der Waals surface area (Å²) < 4.78 is 0. The van der Waals surface area contributed by atoms with Crippen LogP contribution in [0.25, 0.3) is 0 Å². The van der Waals surface area contributed by atoms with Crippen LogP contribution in [0.1, 0.15) is 88.0 Å². The van der Waals surface area contributed by atoms with Gasteiger partial charge in [-0.1, -0.05) is 135 Å². The van der Waals surface area contributed by atoms with Crippen molar-refractivity contribution in [1.29, 1.82) is 0 Å². The number of hydrogen-bond donors (Lipinski definition) is 0. The molecule has 0 radical (unpaired) electrons. The van der Waals surface area contributed by atoms with Crippen LogP contribution < -0.4 is 0 Å². The predicted octanol–water partition coefficient (Wildman–Crippen LogP) is 10.6. The lowest BCUT2D eigenvalue weighted by Gasteiger charge is -2.32. The summed E-state index contributed by atoms with van der Waals surface area (Å²) in [6, 6.07) is 0. The van der Waals surface area contributed by atoms with Gasteiger partial charge in [0.2, 0.25) is 0 Å². The van der Waals surface area contributed by atoms with Gasteiger partial charge < -0.3 is 0 Å². The number of carbonyl (C=O) groups excluding carboxylic acids is 2.